The van der Waals surface area contributed by atoms with Crippen LogP contribution in [0.25, 0.3) is 0 Å². The summed E-state index contributed by atoms with van der Waals surface area (Å²) >= 11 is 0. The van der Waals surface area contributed by atoms with Crippen LogP contribution in [0.2, 0.25) is 0 Å². The Labute approximate surface area is 120 Å². The van der Waals surface area contributed by atoms with E-state index in [2.05, 4.69) is 13.8 Å². The lowest BCUT2D eigenvalue weighted by Gasteiger charge is -2.46. The molecule has 0 bridgehead atoms. The van der Waals surface area contributed by atoms with Crippen molar-refractivity contribution in [1.82, 2.24) is 9.80 Å². The van der Waals surface area contributed by atoms with Crippen molar-refractivity contribution in [3.05, 3.63) is 0 Å². The zero-order valence-corrected chi connectivity index (χ0v) is 12.6. The average Bonchev–Trinajstić information content (AvgIpc) is 2.41. The van der Waals surface area contributed by atoms with Gasteiger partial charge in [-0.3, -0.25) is 4.79 Å². The number of carbonyl (C=O) groups excluding carboxylic acids is 1. The van der Waals surface area contributed by atoms with Crippen LogP contribution in [0.4, 0.5) is 4.79 Å². The lowest BCUT2D eigenvalue weighted by atomic mass is 9.74. The number of piperidine rings is 1. The Morgan fingerprint density at radius 1 is 1.10 bits per heavy atom. The Kier molecular flexibility index (Phi) is 4.55. The highest BCUT2D eigenvalue weighted by molar-refractivity contribution is 5.76. The number of urea groups is 1. The van der Waals surface area contributed by atoms with E-state index in [1.54, 1.807) is 4.90 Å². The van der Waals surface area contributed by atoms with Crippen molar-refractivity contribution in [3.63, 3.8) is 0 Å². The van der Waals surface area contributed by atoms with E-state index in [1.807, 2.05) is 4.90 Å². The lowest BCUT2D eigenvalue weighted by molar-refractivity contribution is -0.139. The maximum atomic E-state index is 12.3. The lowest BCUT2D eigenvalue weighted by Crippen LogP contribution is -2.57. The zero-order valence-electron chi connectivity index (χ0n) is 12.6. The summed E-state index contributed by atoms with van der Waals surface area (Å²) < 4.78 is 0. The molecule has 0 aromatic carbocycles. The van der Waals surface area contributed by atoms with Crippen LogP contribution in [-0.4, -0.2) is 53.1 Å². The molecule has 2 aliphatic rings. The van der Waals surface area contributed by atoms with Crippen LogP contribution < -0.4 is 0 Å². The molecule has 1 N–H and O–H groups in total. The van der Waals surface area contributed by atoms with Gasteiger partial charge in [-0.1, -0.05) is 26.7 Å². The first kappa shape index (κ1) is 15.1. The smallest absolute Gasteiger partial charge is 0.320 e. The second-order valence-electron chi connectivity index (χ2n) is 6.35. The molecule has 20 heavy (non-hydrogen) atoms. The first-order valence-corrected chi connectivity index (χ1v) is 7.75. The Balaban J connectivity index is 1.77. The zero-order chi connectivity index (χ0) is 14.8. The van der Waals surface area contributed by atoms with Gasteiger partial charge in [0.25, 0.3) is 0 Å². The molecule has 0 aromatic heterocycles. The van der Waals surface area contributed by atoms with Gasteiger partial charge in [-0.25, -0.2) is 4.79 Å². The molecule has 2 heterocycles. The molecule has 2 rings (SSSR count). The molecule has 0 saturated carbocycles. The molecule has 0 spiro atoms. The molecular formula is C15H26N2O3. The fourth-order valence-corrected chi connectivity index (χ4v) is 3.43. The van der Waals surface area contributed by atoms with Gasteiger partial charge in [0.15, 0.2) is 0 Å². The second kappa shape index (κ2) is 6.02. The van der Waals surface area contributed by atoms with Crippen LogP contribution in [-0.2, 0) is 4.79 Å². The number of amides is 2. The van der Waals surface area contributed by atoms with E-state index < -0.39 is 5.97 Å². The second-order valence-corrected chi connectivity index (χ2v) is 6.35. The van der Waals surface area contributed by atoms with Crippen molar-refractivity contribution < 1.29 is 14.7 Å². The number of hydrogen-bond donors (Lipinski definition) is 1. The minimum atomic E-state index is -0.768. The van der Waals surface area contributed by atoms with Gasteiger partial charge in [-0.15, -0.1) is 0 Å². The molecule has 0 radical (unpaired) electrons. The number of carbonyl (C=O) groups is 2. The molecule has 0 unspecified atom stereocenters. The summed E-state index contributed by atoms with van der Waals surface area (Å²) in [6.07, 6.45) is 4.75. The first-order chi connectivity index (χ1) is 9.49. The number of aliphatic carboxylic acids is 1. The normalized spacial score (nSPS) is 22.5. The van der Waals surface area contributed by atoms with Crippen LogP contribution >= 0.6 is 0 Å². The molecule has 114 valence electrons. The van der Waals surface area contributed by atoms with E-state index in [0.717, 1.165) is 25.9 Å². The standard InChI is InChI=1S/C15H26N2O3/c1-3-15(4-2)5-7-16(8-6-15)14(20)17-10-12(11-17)9-13(18)19/h12H,3-11H2,1-2H3,(H,18,19). The number of nitrogens with zero attached hydrogens (tertiary/aromatic N) is 2. The van der Waals surface area contributed by atoms with Crippen LogP contribution in [0.1, 0.15) is 46.0 Å². The van der Waals surface area contributed by atoms with E-state index in [4.69, 9.17) is 5.11 Å². The minimum absolute atomic E-state index is 0.104. The molecule has 2 aliphatic heterocycles. The summed E-state index contributed by atoms with van der Waals surface area (Å²) in [4.78, 5) is 26.6. The molecule has 2 saturated heterocycles. The Bertz CT molecular complexity index is 363. The first-order valence-electron chi connectivity index (χ1n) is 7.75. The molecular weight excluding hydrogens is 256 g/mol. The molecule has 0 aliphatic carbocycles. The van der Waals surface area contributed by atoms with E-state index in [0.29, 0.717) is 18.5 Å². The fraction of sp³-hybridized carbons (Fsp3) is 0.867. The van der Waals surface area contributed by atoms with Gasteiger partial charge in [-0.05, 0) is 18.3 Å². The van der Waals surface area contributed by atoms with Crippen molar-refractivity contribution in [2.75, 3.05) is 26.2 Å². The van der Waals surface area contributed by atoms with Crippen molar-refractivity contribution in [2.45, 2.75) is 46.0 Å². The van der Waals surface area contributed by atoms with Gasteiger partial charge in [0.1, 0.15) is 0 Å². The summed E-state index contributed by atoms with van der Waals surface area (Å²) in [5.74, 6) is -0.623. The number of carboxylic acid groups (broad SMARTS) is 1. The highest BCUT2D eigenvalue weighted by Gasteiger charge is 2.38. The van der Waals surface area contributed by atoms with E-state index in [1.165, 1.54) is 12.8 Å². The van der Waals surface area contributed by atoms with Gasteiger partial charge < -0.3 is 14.9 Å². The third kappa shape index (κ3) is 3.07. The van der Waals surface area contributed by atoms with E-state index in [9.17, 15) is 9.59 Å². The maximum Gasteiger partial charge on any atom is 0.320 e. The van der Waals surface area contributed by atoms with E-state index >= 15 is 0 Å². The monoisotopic (exact) mass is 282 g/mol. The summed E-state index contributed by atoms with van der Waals surface area (Å²) in [5, 5.41) is 8.72. The number of likely N-dealkylation sites (tertiary alicyclic amines) is 2. The number of carboxylic acids is 1. The highest BCUT2D eigenvalue weighted by atomic mass is 16.4. The quantitative estimate of drug-likeness (QED) is 0.861. The van der Waals surface area contributed by atoms with Gasteiger partial charge >= 0.3 is 12.0 Å². The Morgan fingerprint density at radius 2 is 1.65 bits per heavy atom. The molecule has 0 atom stereocenters. The molecule has 5 nitrogen and oxygen atoms in total. The van der Waals surface area contributed by atoms with Crippen molar-refractivity contribution >= 4 is 12.0 Å². The van der Waals surface area contributed by atoms with E-state index in [-0.39, 0.29) is 18.4 Å². The molecule has 5 heteroatoms. The summed E-state index contributed by atoms with van der Waals surface area (Å²) in [7, 11) is 0. The average molecular weight is 282 g/mol. The van der Waals surface area contributed by atoms with Crippen LogP contribution in [0.5, 0.6) is 0 Å². The summed E-state index contributed by atoms with van der Waals surface area (Å²) in [6, 6.07) is 0.104. The highest BCUT2D eigenvalue weighted by Crippen LogP contribution is 2.38. The van der Waals surface area contributed by atoms with Crippen molar-refractivity contribution in [2.24, 2.45) is 11.3 Å². The maximum absolute atomic E-state index is 12.3. The van der Waals surface area contributed by atoms with Gasteiger partial charge in [0.2, 0.25) is 0 Å². The van der Waals surface area contributed by atoms with Crippen LogP contribution in [0.3, 0.4) is 0 Å². The van der Waals surface area contributed by atoms with Crippen LogP contribution in [0.15, 0.2) is 0 Å². The molecule has 0 aromatic rings. The predicted molar refractivity (Wildman–Crippen MR) is 76.5 cm³/mol. The Hall–Kier alpha value is -1.26. The summed E-state index contributed by atoms with van der Waals surface area (Å²) in [6.45, 7) is 7.39. The topological polar surface area (TPSA) is 60.9 Å². The number of rotatable bonds is 4. The molecule has 2 amide bonds. The Morgan fingerprint density at radius 3 is 2.10 bits per heavy atom. The van der Waals surface area contributed by atoms with Crippen molar-refractivity contribution in [3.8, 4) is 0 Å². The third-order valence-electron chi connectivity index (χ3n) is 5.29. The largest absolute Gasteiger partial charge is 0.481 e. The number of hydrogen-bond acceptors (Lipinski definition) is 2. The van der Waals surface area contributed by atoms with Crippen LogP contribution in [0, 0.1) is 11.3 Å². The van der Waals surface area contributed by atoms with Crippen molar-refractivity contribution in [1.29, 1.82) is 0 Å². The van der Waals surface area contributed by atoms with Gasteiger partial charge in [0, 0.05) is 32.1 Å². The molecule has 2 fully saturated rings. The SMILES string of the molecule is CCC1(CC)CCN(C(=O)N2CC(CC(=O)O)C2)CC1. The predicted octanol–water partition coefficient (Wildman–Crippen LogP) is 2.42. The van der Waals surface area contributed by atoms with Gasteiger partial charge in [-0.2, -0.15) is 0 Å². The summed E-state index contributed by atoms with van der Waals surface area (Å²) in [5.41, 5.74) is 0.428. The minimum Gasteiger partial charge on any atom is -0.481 e. The van der Waals surface area contributed by atoms with Gasteiger partial charge in [0.05, 0.1) is 6.42 Å². The fourth-order valence-electron chi connectivity index (χ4n) is 3.43. The third-order valence-corrected chi connectivity index (χ3v) is 5.29.